The molecular weight excluding hydrogens is 184 g/mol. The summed E-state index contributed by atoms with van der Waals surface area (Å²) in [6.07, 6.45) is 0.161. The van der Waals surface area contributed by atoms with E-state index in [1.54, 1.807) is 12.1 Å². The number of carbonyl (C=O) groups is 1. The molecule has 1 aromatic rings. The van der Waals surface area contributed by atoms with Crippen LogP contribution in [0.2, 0.25) is 0 Å². The molecule has 0 unspecified atom stereocenters. The van der Waals surface area contributed by atoms with Crippen molar-refractivity contribution in [2.45, 2.75) is 13.3 Å². The van der Waals surface area contributed by atoms with E-state index in [9.17, 15) is 9.90 Å². The van der Waals surface area contributed by atoms with Gasteiger partial charge in [0.2, 0.25) is 0 Å². The summed E-state index contributed by atoms with van der Waals surface area (Å²) in [5.41, 5.74) is 0.503. The number of hydrogen-bond acceptors (Lipinski definition) is 4. The summed E-state index contributed by atoms with van der Waals surface area (Å²) in [6, 6.07) is 4.82. The van der Waals surface area contributed by atoms with Crippen molar-refractivity contribution in [2.75, 3.05) is 6.79 Å². The quantitative estimate of drug-likeness (QED) is 0.700. The van der Waals surface area contributed by atoms with Gasteiger partial charge in [-0.3, -0.25) is 4.79 Å². The molecule has 14 heavy (non-hydrogen) atoms. The molecule has 2 N–H and O–H groups in total. The Morgan fingerprint density at radius 1 is 1.50 bits per heavy atom. The van der Waals surface area contributed by atoms with E-state index < -0.39 is 6.79 Å². The third kappa shape index (κ3) is 2.47. The third-order valence-electron chi connectivity index (χ3n) is 1.74. The number of aromatic hydroxyl groups is 1. The van der Waals surface area contributed by atoms with E-state index >= 15 is 0 Å². The van der Waals surface area contributed by atoms with Crippen LogP contribution < -0.4 is 4.74 Å². The van der Waals surface area contributed by atoms with E-state index in [0.717, 1.165) is 0 Å². The van der Waals surface area contributed by atoms with Crippen molar-refractivity contribution in [3.05, 3.63) is 23.8 Å². The number of carbonyl (C=O) groups excluding carboxylic acids is 1. The summed E-state index contributed by atoms with van der Waals surface area (Å²) in [6.45, 7) is 0.941. The van der Waals surface area contributed by atoms with Crippen molar-refractivity contribution in [1.82, 2.24) is 0 Å². The monoisotopic (exact) mass is 196 g/mol. The lowest BCUT2D eigenvalue weighted by Crippen LogP contribution is -1.99. The van der Waals surface area contributed by atoms with Crippen LogP contribution in [-0.4, -0.2) is 22.8 Å². The molecule has 0 radical (unpaired) electrons. The zero-order chi connectivity index (χ0) is 10.6. The van der Waals surface area contributed by atoms with Gasteiger partial charge in [-0.25, -0.2) is 0 Å². The van der Waals surface area contributed by atoms with Gasteiger partial charge in [-0.1, -0.05) is 12.1 Å². The number of phenolic OH excluding ortho intramolecular Hbond substituents is 1. The largest absolute Gasteiger partial charge is 0.504 e. The van der Waals surface area contributed by atoms with E-state index in [2.05, 4.69) is 0 Å². The van der Waals surface area contributed by atoms with Crippen LogP contribution in [0.1, 0.15) is 12.5 Å². The van der Waals surface area contributed by atoms with Crippen LogP contribution in [0.15, 0.2) is 18.2 Å². The number of ether oxygens (including phenoxy) is 1. The maximum atomic E-state index is 10.8. The van der Waals surface area contributed by atoms with Gasteiger partial charge in [-0.05, 0) is 13.0 Å². The number of aliphatic hydroxyl groups is 1. The van der Waals surface area contributed by atoms with Gasteiger partial charge in [0, 0.05) is 12.0 Å². The second kappa shape index (κ2) is 4.62. The van der Waals surface area contributed by atoms with Crippen LogP contribution in [0.25, 0.3) is 0 Å². The van der Waals surface area contributed by atoms with Crippen molar-refractivity contribution in [3.8, 4) is 11.5 Å². The molecule has 0 spiro atoms. The minimum Gasteiger partial charge on any atom is -0.504 e. The number of phenols is 1. The van der Waals surface area contributed by atoms with E-state index in [1.807, 2.05) is 0 Å². The smallest absolute Gasteiger partial charge is 0.186 e. The second-order valence-electron chi connectivity index (χ2n) is 2.92. The lowest BCUT2D eigenvalue weighted by atomic mass is 10.1. The minimum absolute atomic E-state index is 0.0403. The van der Waals surface area contributed by atoms with Crippen LogP contribution in [0.3, 0.4) is 0 Å². The predicted octanol–water partition coefficient (Wildman–Crippen LogP) is 0.852. The third-order valence-corrected chi connectivity index (χ3v) is 1.74. The molecule has 0 aromatic heterocycles. The molecule has 0 heterocycles. The molecule has 0 saturated heterocycles. The fourth-order valence-corrected chi connectivity index (χ4v) is 1.16. The highest BCUT2D eigenvalue weighted by atomic mass is 16.6. The average molecular weight is 196 g/mol. The molecule has 0 amide bonds. The topological polar surface area (TPSA) is 66.8 Å². The number of para-hydroxylation sites is 1. The number of Topliss-reactive ketones (excluding diaryl/α,β-unsaturated/α-hetero) is 1. The van der Waals surface area contributed by atoms with Gasteiger partial charge in [0.15, 0.2) is 18.3 Å². The number of benzene rings is 1. The van der Waals surface area contributed by atoms with Crippen molar-refractivity contribution >= 4 is 5.78 Å². The molecule has 1 aromatic carbocycles. The van der Waals surface area contributed by atoms with Gasteiger partial charge < -0.3 is 14.9 Å². The Morgan fingerprint density at radius 2 is 2.21 bits per heavy atom. The lowest BCUT2D eigenvalue weighted by molar-refractivity contribution is -0.116. The van der Waals surface area contributed by atoms with Crippen molar-refractivity contribution in [1.29, 1.82) is 0 Å². The highest BCUT2D eigenvalue weighted by molar-refractivity contribution is 5.79. The number of aliphatic hydroxyl groups excluding tert-OH is 1. The van der Waals surface area contributed by atoms with Crippen LogP contribution in [0.5, 0.6) is 11.5 Å². The summed E-state index contributed by atoms with van der Waals surface area (Å²) in [5, 5.41) is 18.1. The Kier molecular flexibility index (Phi) is 3.48. The first-order valence-corrected chi connectivity index (χ1v) is 4.19. The standard InChI is InChI=1S/C10H12O4/c1-7(12)5-8-3-2-4-9(10(8)13)14-6-11/h2-4,11,13H,5-6H2,1H3. The minimum atomic E-state index is -0.503. The van der Waals surface area contributed by atoms with Gasteiger partial charge in [-0.2, -0.15) is 0 Å². The molecule has 4 nitrogen and oxygen atoms in total. The summed E-state index contributed by atoms with van der Waals surface area (Å²) >= 11 is 0. The molecule has 76 valence electrons. The van der Waals surface area contributed by atoms with E-state index in [0.29, 0.717) is 5.56 Å². The molecule has 0 saturated carbocycles. The SMILES string of the molecule is CC(=O)Cc1cccc(OCO)c1O. The number of ketones is 1. The van der Waals surface area contributed by atoms with Gasteiger partial charge in [-0.15, -0.1) is 0 Å². The predicted molar refractivity (Wildman–Crippen MR) is 50.2 cm³/mol. The molecule has 0 aliphatic heterocycles. The fraction of sp³-hybridized carbons (Fsp3) is 0.300. The van der Waals surface area contributed by atoms with Crippen molar-refractivity contribution < 1.29 is 19.7 Å². The van der Waals surface area contributed by atoms with E-state index in [-0.39, 0.29) is 23.7 Å². The molecule has 0 aliphatic carbocycles. The Hall–Kier alpha value is -1.55. The van der Waals surface area contributed by atoms with Crippen LogP contribution in [0, 0.1) is 0 Å². The summed E-state index contributed by atoms with van der Waals surface area (Å²) < 4.78 is 4.75. The first-order valence-electron chi connectivity index (χ1n) is 4.19. The zero-order valence-electron chi connectivity index (χ0n) is 7.86. The van der Waals surface area contributed by atoms with Crippen LogP contribution in [0.4, 0.5) is 0 Å². The summed E-state index contributed by atoms with van der Waals surface area (Å²) in [7, 11) is 0. The molecule has 0 aliphatic rings. The number of rotatable bonds is 4. The Balaban J connectivity index is 2.94. The second-order valence-corrected chi connectivity index (χ2v) is 2.92. The van der Waals surface area contributed by atoms with Crippen molar-refractivity contribution in [2.24, 2.45) is 0 Å². The Labute approximate surface area is 81.8 Å². The maximum absolute atomic E-state index is 10.8. The fourth-order valence-electron chi connectivity index (χ4n) is 1.16. The highest BCUT2D eigenvalue weighted by Gasteiger charge is 2.09. The molecule has 1 rings (SSSR count). The van der Waals surface area contributed by atoms with Crippen molar-refractivity contribution in [3.63, 3.8) is 0 Å². The van der Waals surface area contributed by atoms with Gasteiger partial charge in [0.1, 0.15) is 5.78 Å². The van der Waals surface area contributed by atoms with Crippen LogP contribution >= 0.6 is 0 Å². The van der Waals surface area contributed by atoms with Gasteiger partial charge >= 0.3 is 0 Å². The molecule has 0 atom stereocenters. The maximum Gasteiger partial charge on any atom is 0.186 e. The molecule has 0 fully saturated rings. The lowest BCUT2D eigenvalue weighted by Gasteiger charge is -2.08. The van der Waals surface area contributed by atoms with E-state index in [1.165, 1.54) is 13.0 Å². The van der Waals surface area contributed by atoms with Crippen LogP contribution in [-0.2, 0) is 11.2 Å². The Bertz CT molecular complexity index is 333. The molecular formula is C10H12O4. The summed E-state index contributed by atoms with van der Waals surface area (Å²) in [4.78, 5) is 10.8. The first-order chi connectivity index (χ1) is 6.65. The zero-order valence-corrected chi connectivity index (χ0v) is 7.86. The molecule has 4 heteroatoms. The van der Waals surface area contributed by atoms with E-state index in [4.69, 9.17) is 9.84 Å². The Morgan fingerprint density at radius 3 is 2.79 bits per heavy atom. The van der Waals surface area contributed by atoms with Gasteiger partial charge in [0.05, 0.1) is 0 Å². The van der Waals surface area contributed by atoms with Gasteiger partial charge in [0.25, 0.3) is 0 Å². The number of hydrogen-bond donors (Lipinski definition) is 2. The molecule has 0 bridgehead atoms. The highest BCUT2D eigenvalue weighted by Crippen LogP contribution is 2.29. The normalized spacial score (nSPS) is 9.86. The average Bonchev–Trinajstić information content (AvgIpc) is 2.11. The first kappa shape index (κ1) is 10.5. The summed E-state index contributed by atoms with van der Waals surface area (Å²) in [5.74, 6) is 0.0597.